The Hall–Kier alpha value is -1.55. The van der Waals surface area contributed by atoms with Gasteiger partial charge in [-0.2, -0.15) is 0 Å². The Bertz CT molecular complexity index is 465. The number of benzene rings is 1. The summed E-state index contributed by atoms with van der Waals surface area (Å²) in [5.41, 5.74) is 1.74. The second kappa shape index (κ2) is 5.21. The highest BCUT2D eigenvalue weighted by Crippen LogP contribution is 2.36. The van der Waals surface area contributed by atoms with Gasteiger partial charge in [-0.25, -0.2) is 4.79 Å². The van der Waals surface area contributed by atoms with E-state index in [-0.39, 0.29) is 18.7 Å². The van der Waals surface area contributed by atoms with Crippen LogP contribution in [0.4, 0.5) is 4.79 Å². The van der Waals surface area contributed by atoms with Gasteiger partial charge in [-0.15, -0.1) is 0 Å². The lowest BCUT2D eigenvalue weighted by atomic mass is 10.0. The average Bonchev–Trinajstić information content (AvgIpc) is 2.67. The van der Waals surface area contributed by atoms with Gasteiger partial charge in [0.25, 0.3) is 0 Å². The predicted molar refractivity (Wildman–Crippen MR) is 72.7 cm³/mol. The molecule has 4 nitrogen and oxygen atoms in total. The van der Waals surface area contributed by atoms with Crippen LogP contribution in [0.1, 0.15) is 44.4 Å². The third-order valence-electron chi connectivity index (χ3n) is 3.16. The molecule has 0 aromatic heterocycles. The molecule has 0 bridgehead atoms. The Labute approximate surface area is 114 Å². The van der Waals surface area contributed by atoms with Crippen LogP contribution < -0.4 is 0 Å². The van der Waals surface area contributed by atoms with Crippen molar-refractivity contribution < 1.29 is 14.6 Å². The molecule has 0 saturated heterocycles. The van der Waals surface area contributed by atoms with E-state index in [1.807, 2.05) is 45.0 Å². The van der Waals surface area contributed by atoms with E-state index in [1.54, 1.807) is 4.90 Å². The highest BCUT2D eigenvalue weighted by molar-refractivity contribution is 5.70. The van der Waals surface area contributed by atoms with E-state index >= 15 is 0 Å². The summed E-state index contributed by atoms with van der Waals surface area (Å²) >= 11 is 0. The predicted octanol–water partition coefficient (Wildman–Crippen LogP) is 2.86. The maximum absolute atomic E-state index is 12.2. The van der Waals surface area contributed by atoms with Crippen molar-refractivity contribution in [3.63, 3.8) is 0 Å². The maximum atomic E-state index is 12.2. The molecule has 0 saturated carbocycles. The lowest BCUT2D eigenvalue weighted by Crippen LogP contribution is -2.36. The normalized spacial score (nSPS) is 18.3. The van der Waals surface area contributed by atoms with E-state index in [9.17, 15) is 9.90 Å². The molecule has 1 amide bonds. The fourth-order valence-electron chi connectivity index (χ4n) is 2.41. The summed E-state index contributed by atoms with van der Waals surface area (Å²) in [5, 5.41) is 9.21. The topological polar surface area (TPSA) is 49.8 Å². The maximum Gasteiger partial charge on any atom is 0.411 e. The van der Waals surface area contributed by atoms with Crippen LogP contribution in [0.25, 0.3) is 0 Å². The number of fused-ring (bicyclic) bond motifs is 1. The smallest absolute Gasteiger partial charge is 0.411 e. The number of carbonyl (C=O) groups excluding carboxylic acids is 1. The molecule has 1 aromatic rings. The van der Waals surface area contributed by atoms with Crippen LogP contribution >= 0.6 is 0 Å². The molecule has 4 heteroatoms. The van der Waals surface area contributed by atoms with Crippen LogP contribution in [-0.2, 0) is 11.3 Å². The third kappa shape index (κ3) is 3.07. The number of amides is 1. The molecule has 1 N–H and O–H groups in total. The zero-order chi connectivity index (χ0) is 14.0. The van der Waals surface area contributed by atoms with Gasteiger partial charge in [0.1, 0.15) is 5.60 Å². The molecule has 1 aromatic carbocycles. The van der Waals surface area contributed by atoms with Crippen LogP contribution in [0.2, 0.25) is 0 Å². The summed E-state index contributed by atoms with van der Waals surface area (Å²) < 4.78 is 5.43. The Kier molecular flexibility index (Phi) is 3.80. The second-order valence-electron chi connectivity index (χ2n) is 5.84. The lowest BCUT2D eigenvalue weighted by molar-refractivity contribution is 0.0150. The number of aliphatic hydroxyl groups excluding tert-OH is 1. The molecular formula is C15H21NO3. The van der Waals surface area contributed by atoms with Gasteiger partial charge in [-0.1, -0.05) is 24.3 Å². The van der Waals surface area contributed by atoms with Gasteiger partial charge in [0.15, 0.2) is 0 Å². The fourth-order valence-corrected chi connectivity index (χ4v) is 2.41. The van der Waals surface area contributed by atoms with Crippen molar-refractivity contribution in [1.29, 1.82) is 0 Å². The van der Waals surface area contributed by atoms with E-state index in [1.165, 1.54) is 0 Å². The summed E-state index contributed by atoms with van der Waals surface area (Å²) in [4.78, 5) is 13.9. The average molecular weight is 263 g/mol. The first kappa shape index (κ1) is 13.9. The largest absolute Gasteiger partial charge is 0.444 e. The summed E-state index contributed by atoms with van der Waals surface area (Å²) in [6, 6.07) is 7.87. The molecular weight excluding hydrogens is 242 g/mol. The number of rotatable bonds is 2. The molecule has 1 atom stereocenters. The van der Waals surface area contributed by atoms with Gasteiger partial charge in [0.05, 0.1) is 6.04 Å². The Balaban J connectivity index is 2.21. The molecule has 0 radical (unpaired) electrons. The molecule has 1 heterocycles. The van der Waals surface area contributed by atoms with Gasteiger partial charge in [0, 0.05) is 13.2 Å². The SMILES string of the molecule is CC(C)(C)OC(=O)N1Cc2ccccc2[C@H]1CCO. The van der Waals surface area contributed by atoms with Crippen molar-refractivity contribution in [3.05, 3.63) is 35.4 Å². The van der Waals surface area contributed by atoms with Gasteiger partial charge >= 0.3 is 6.09 Å². The fraction of sp³-hybridized carbons (Fsp3) is 0.533. The summed E-state index contributed by atoms with van der Waals surface area (Å²) in [7, 11) is 0. The first-order chi connectivity index (χ1) is 8.92. The van der Waals surface area contributed by atoms with Crippen molar-refractivity contribution in [2.75, 3.05) is 6.61 Å². The first-order valence-electron chi connectivity index (χ1n) is 6.60. The van der Waals surface area contributed by atoms with Crippen molar-refractivity contribution in [2.24, 2.45) is 0 Å². The Morgan fingerprint density at radius 1 is 1.42 bits per heavy atom. The number of carbonyl (C=O) groups is 1. The molecule has 0 aliphatic carbocycles. The van der Waals surface area contributed by atoms with Crippen LogP contribution in [0.15, 0.2) is 24.3 Å². The van der Waals surface area contributed by atoms with Gasteiger partial charge < -0.3 is 9.84 Å². The number of ether oxygens (including phenoxy) is 1. The minimum absolute atomic E-state index is 0.0539. The van der Waals surface area contributed by atoms with Crippen LogP contribution in [-0.4, -0.2) is 28.3 Å². The zero-order valence-electron chi connectivity index (χ0n) is 11.7. The van der Waals surface area contributed by atoms with E-state index in [4.69, 9.17) is 4.74 Å². The molecule has 104 valence electrons. The van der Waals surface area contributed by atoms with Crippen LogP contribution in [0, 0.1) is 0 Å². The minimum atomic E-state index is -0.504. The molecule has 0 spiro atoms. The first-order valence-corrected chi connectivity index (χ1v) is 6.60. The Morgan fingerprint density at radius 3 is 2.74 bits per heavy atom. The molecule has 19 heavy (non-hydrogen) atoms. The van der Waals surface area contributed by atoms with E-state index in [0.29, 0.717) is 13.0 Å². The number of hydrogen-bond acceptors (Lipinski definition) is 3. The number of nitrogens with zero attached hydrogens (tertiary/aromatic N) is 1. The van der Waals surface area contributed by atoms with E-state index in [0.717, 1.165) is 11.1 Å². The standard InChI is InChI=1S/C15H21NO3/c1-15(2,3)19-14(18)16-10-11-6-4-5-7-12(11)13(16)8-9-17/h4-7,13,17H,8-10H2,1-3H3/t13-/m1/s1. The van der Waals surface area contributed by atoms with Crippen LogP contribution in [0.5, 0.6) is 0 Å². The van der Waals surface area contributed by atoms with Crippen molar-refractivity contribution in [2.45, 2.75) is 45.4 Å². The third-order valence-corrected chi connectivity index (χ3v) is 3.16. The number of aliphatic hydroxyl groups is 1. The molecule has 1 aliphatic heterocycles. The summed E-state index contributed by atoms with van der Waals surface area (Å²) in [6.07, 6.45) is 0.220. The molecule has 0 fully saturated rings. The minimum Gasteiger partial charge on any atom is -0.444 e. The number of hydrogen-bond donors (Lipinski definition) is 1. The second-order valence-corrected chi connectivity index (χ2v) is 5.84. The molecule has 2 rings (SSSR count). The Morgan fingerprint density at radius 2 is 2.11 bits per heavy atom. The van der Waals surface area contributed by atoms with E-state index in [2.05, 4.69) is 0 Å². The van der Waals surface area contributed by atoms with Crippen molar-refractivity contribution in [1.82, 2.24) is 4.90 Å². The van der Waals surface area contributed by atoms with Gasteiger partial charge in [-0.05, 0) is 38.3 Å². The summed E-state index contributed by atoms with van der Waals surface area (Å²) in [6.45, 7) is 6.17. The van der Waals surface area contributed by atoms with E-state index < -0.39 is 5.60 Å². The van der Waals surface area contributed by atoms with Gasteiger partial charge in [0.2, 0.25) is 0 Å². The van der Waals surface area contributed by atoms with Gasteiger partial charge in [-0.3, -0.25) is 4.90 Å². The zero-order valence-corrected chi connectivity index (χ0v) is 11.7. The highest BCUT2D eigenvalue weighted by atomic mass is 16.6. The molecule has 0 unspecified atom stereocenters. The van der Waals surface area contributed by atoms with Crippen molar-refractivity contribution >= 4 is 6.09 Å². The lowest BCUT2D eigenvalue weighted by Gasteiger charge is -2.28. The monoisotopic (exact) mass is 263 g/mol. The van der Waals surface area contributed by atoms with Crippen LogP contribution in [0.3, 0.4) is 0 Å². The van der Waals surface area contributed by atoms with Crippen molar-refractivity contribution in [3.8, 4) is 0 Å². The molecule has 1 aliphatic rings. The quantitative estimate of drug-likeness (QED) is 0.892. The highest BCUT2D eigenvalue weighted by Gasteiger charge is 2.35. The summed E-state index contributed by atoms with van der Waals surface area (Å²) in [5.74, 6) is 0.